The lowest BCUT2D eigenvalue weighted by Gasteiger charge is -2.11. The zero-order chi connectivity index (χ0) is 19.8. The molecule has 0 saturated carbocycles. The molecule has 3 rings (SSSR count). The van der Waals surface area contributed by atoms with Gasteiger partial charge in [-0.1, -0.05) is 18.2 Å². The highest BCUT2D eigenvalue weighted by Gasteiger charge is 2.08. The fraction of sp³-hybridized carbons (Fsp3) is 0.182. The number of pyridine rings is 1. The Labute approximate surface area is 165 Å². The van der Waals surface area contributed by atoms with Crippen LogP contribution in [0.5, 0.6) is 11.5 Å². The molecule has 0 spiro atoms. The predicted molar refractivity (Wildman–Crippen MR) is 112 cm³/mol. The summed E-state index contributed by atoms with van der Waals surface area (Å²) in [4.78, 5) is 18.7. The number of nitrogens with one attached hydrogen (secondary N) is 2. The smallest absolute Gasteiger partial charge is 0.274 e. The fourth-order valence-electron chi connectivity index (χ4n) is 2.48. The predicted octanol–water partition coefficient (Wildman–Crippen LogP) is 4.10. The molecule has 0 unspecified atom stereocenters. The first-order valence-corrected chi connectivity index (χ1v) is 9.09. The van der Waals surface area contributed by atoms with Gasteiger partial charge in [-0.3, -0.25) is 4.79 Å². The molecule has 6 heteroatoms. The minimum absolute atomic E-state index is 0.253. The summed E-state index contributed by atoms with van der Waals surface area (Å²) in [6, 6.07) is 20.3. The molecule has 6 nitrogen and oxygen atoms in total. The SMILES string of the molecule is CN(C)CCNc1ccc(C(=O)Nc2ccc(Oc3ccccc3)cc2)nc1. The number of carbonyl (C=O) groups is 1. The standard InChI is InChI=1S/C22H24N4O2/c1-26(2)15-14-23-18-10-13-21(24-16-18)22(27)25-17-8-11-20(12-9-17)28-19-6-4-3-5-7-19/h3-13,16,23H,14-15H2,1-2H3,(H,25,27). The second-order valence-corrected chi connectivity index (χ2v) is 6.56. The Kier molecular flexibility index (Phi) is 6.59. The number of anilines is 2. The summed E-state index contributed by atoms with van der Waals surface area (Å²) in [5.41, 5.74) is 1.93. The molecule has 0 aliphatic carbocycles. The number of hydrogen-bond donors (Lipinski definition) is 2. The molecule has 2 N–H and O–H groups in total. The van der Waals surface area contributed by atoms with E-state index in [-0.39, 0.29) is 5.91 Å². The van der Waals surface area contributed by atoms with Crippen LogP contribution in [0.3, 0.4) is 0 Å². The van der Waals surface area contributed by atoms with Gasteiger partial charge in [0, 0.05) is 18.8 Å². The topological polar surface area (TPSA) is 66.5 Å². The number of benzene rings is 2. The normalized spacial score (nSPS) is 10.5. The van der Waals surface area contributed by atoms with Gasteiger partial charge < -0.3 is 20.3 Å². The Balaban J connectivity index is 1.54. The van der Waals surface area contributed by atoms with E-state index < -0.39 is 0 Å². The Morgan fingerprint density at radius 3 is 2.25 bits per heavy atom. The Bertz CT molecular complexity index is 879. The van der Waals surface area contributed by atoms with E-state index in [1.165, 1.54) is 0 Å². The van der Waals surface area contributed by atoms with Crippen LogP contribution in [-0.2, 0) is 0 Å². The first-order valence-electron chi connectivity index (χ1n) is 9.09. The van der Waals surface area contributed by atoms with Crippen LogP contribution in [0.15, 0.2) is 72.9 Å². The number of para-hydroxylation sites is 1. The van der Waals surface area contributed by atoms with Gasteiger partial charge >= 0.3 is 0 Å². The number of ether oxygens (including phenoxy) is 1. The molecule has 28 heavy (non-hydrogen) atoms. The van der Waals surface area contributed by atoms with Crippen molar-refractivity contribution in [1.82, 2.24) is 9.88 Å². The first kappa shape index (κ1) is 19.4. The van der Waals surface area contributed by atoms with Crippen LogP contribution in [0.25, 0.3) is 0 Å². The van der Waals surface area contributed by atoms with Crippen molar-refractivity contribution in [3.8, 4) is 11.5 Å². The fourth-order valence-corrected chi connectivity index (χ4v) is 2.48. The Hall–Kier alpha value is -3.38. The molecule has 2 aromatic carbocycles. The third-order valence-electron chi connectivity index (χ3n) is 3.98. The minimum Gasteiger partial charge on any atom is -0.457 e. The van der Waals surface area contributed by atoms with Crippen LogP contribution in [0.4, 0.5) is 11.4 Å². The number of aromatic nitrogens is 1. The lowest BCUT2D eigenvalue weighted by Crippen LogP contribution is -2.21. The average Bonchev–Trinajstić information content (AvgIpc) is 2.70. The number of amides is 1. The number of likely N-dealkylation sites (N-methyl/N-ethyl adjacent to an activating group) is 1. The van der Waals surface area contributed by atoms with E-state index in [4.69, 9.17) is 4.74 Å². The van der Waals surface area contributed by atoms with Gasteiger partial charge in [-0.05, 0) is 62.6 Å². The maximum atomic E-state index is 12.4. The molecule has 0 saturated heterocycles. The van der Waals surface area contributed by atoms with Crippen LogP contribution in [0.2, 0.25) is 0 Å². The molecule has 1 heterocycles. The van der Waals surface area contributed by atoms with Crippen LogP contribution in [-0.4, -0.2) is 43.0 Å². The molecule has 3 aromatic rings. The van der Waals surface area contributed by atoms with E-state index in [0.717, 1.165) is 24.5 Å². The van der Waals surface area contributed by atoms with E-state index >= 15 is 0 Å². The molecular weight excluding hydrogens is 352 g/mol. The maximum Gasteiger partial charge on any atom is 0.274 e. The summed E-state index contributed by atoms with van der Waals surface area (Å²) in [5, 5.41) is 6.11. The second-order valence-electron chi connectivity index (χ2n) is 6.56. The molecule has 1 amide bonds. The summed E-state index contributed by atoms with van der Waals surface area (Å²) in [6.07, 6.45) is 1.67. The molecular formula is C22H24N4O2. The van der Waals surface area contributed by atoms with Crippen LogP contribution in [0, 0.1) is 0 Å². The van der Waals surface area contributed by atoms with Crippen molar-refractivity contribution in [3.63, 3.8) is 0 Å². The number of hydrogen-bond acceptors (Lipinski definition) is 5. The van der Waals surface area contributed by atoms with Crippen molar-refractivity contribution in [2.75, 3.05) is 37.8 Å². The summed E-state index contributed by atoms with van der Waals surface area (Å²) >= 11 is 0. The van der Waals surface area contributed by atoms with Gasteiger partial charge in [0.1, 0.15) is 17.2 Å². The second kappa shape index (κ2) is 9.53. The van der Waals surface area contributed by atoms with Crippen LogP contribution < -0.4 is 15.4 Å². The first-order chi connectivity index (χ1) is 13.6. The molecule has 0 atom stereocenters. The van der Waals surface area contributed by atoms with Gasteiger partial charge in [0.25, 0.3) is 5.91 Å². The summed E-state index contributed by atoms with van der Waals surface area (Å²) < 4.78 is 5.75. The zero-order valence-electron chi connectivity index (χ0n) is 16.1. The highest BCUT2D eigenvalue weighted by atomic mass is 16.5. The van der Waals surface area contributed by atoms with Crippen LogP contribution >= 0.6 is 0 Å². The van der Waals surface area contributed by atoms with Crippen molar-refractivity contribution in [2.45, 2.75) is 0 Å². The van der Waals surface area contributed by atoms with Crippen molar-refractivity contribution >= 4 is 17.3 Å². The molecule has 0 fully saturated rings. The van der Waals surface area contributed by atoms with Crippen molar-refractivity contribution in [1.29, 1.82) is 0 Å². The van der Waals surface area contributed by atoms with E-state index in [2.05, 4.69) is 20.5 Å². The number of carbonyl (C=O) groups excluding carboxylic acids is 1. The van der Waals surface area contributed by atoms with Crippen LogP contribution in [0.1, 0.15) is 10.5 Å². The highest BCUT2D eigenvalue weighted by molar-refractivity contribution is 6.02. The van der Waals surface area contributed by atoms with E-state index in [0.29, 0.717) is 17.1 Å². The summed E-state index contributed by atoms with van der Waals surface area (Å²) in [5.74, 6) is 1.22. The van der Waals surface area contributed by atoms with Gasteiger partial charge in [0.2, 0.25) is 0 Å². The molecule has 1 aromatic heterocycles. The zero-order valence-corrected chi connectivity index (χ0v) is 16.1. The molecule has 144 valence electrons. The Morgan fingerprint density at radius 2 is 1.61 bits per heavy atom. The minimum atomic E-state index is -0.253. The lowest BCUT2D eigenvalue weighted by atomic mass is 10.2. The molecule has 0 aliphatic heterocycles. The third-order valence-corrected chi connectivity index (χ3v) is 3.98. The quantitative estimate of drug-likeness (QED) is 0.620. The highest BCUT2D eigenvalue weighted by Crippen LogP contribution is 2.22. The largest absolute Gasteiger partial charge is 0.457 e. The average molecular weight is 376 g/mol. The molecule has 0 radical (unpaired) electrons. The number of nitrogens with zero attached hydrogens (tertiary/aromatic N) is 2. The van der Waals surface area contributed by atoms with Crippen molar-refractivity contribution in [2.24, 2.45) is 0 Å². The van der Waals surface area contributed by atoms with Crippen molar-refractivity contribution in [3.05, 3.63) is 78.6 Å². The molecule has 0 bridgehead atoms. The lowest BCUT2D eigenvalue weighted by molar-refractivity contribution is 0.102. The van der Waals surface area contributed by atoms with Gasteiger partial charge in [-0.15, -0.1) is 0 Å². The Morgan fingerprint density at radius 1 is 0.929 bits per heavy atom. The van der Waals surface area contributed by atoms with Gasteiger partial charge in [0.15, 0.2) is 0 Å². The maximum absolute atomic E-state index is 12.4. The van der Waals surface area contributed by atoms with E-state index in [1.54, 1.807) is 24.4 Å². The van der Waals surface area contributed by atoms with Gasteiger partial charge in [-0.2, -0.15) is 0 Å². The van der Waals surface area contributed by atoms with E-state index in [9.17, 15) is 4.79 Å². The summed E-state index contributed by atoms with van der Waals surface area (Å²) in [7, 11) is 4.04. The number of rotatable bonds is 8. The third kappa shape index (κ3) is 5.82. The monoisotopic (exact) mass is 376 g/mol. The summed E-state index contributed by atoms with van der Waals surface area (Å²) in [6.45, 7) is 1.74. The van der Waals surface area contributed by atoms with Crippen molar-refractivity contribution < 1.29 is 9.53 Å². The molecule has 0 aliphatic rings. The van der Waals surface area contributed by atoms with Gasteiger partial charge in [-0.25, -0.2) is 4.98 Å². The van der Waals surface area contributed by atoms with E-state index in [1.807, 2.05) is 62.6 Å². The van der Waals surface area contributed by atoms with Gasteiger partial charge in [0.05, 0.1) is 11.9 Å².